The summed E-state index contributed by atoms with van der Waals surface area (Å²) in [5, 5.41) is 20.0. The number of carboxylic acid groups (broad SMARTS) is 1. The Kier molecular flexibility index (Phi) is 10.2. The van der Waals surface area contributed by atoms with E-state index in [1.54, 1.807) is 6.33 Å². The first-order chi connectivity index (χ1) is 18.5. The number of nitrogens with zero attached hydrogens (tertiary/aromatic N) is 6. The van der Waals surface area contributed by atoms with E-state index in [-0.39, 0.29) is 0 Å². The van der Waals surface area contributed by atoms with Gasteiger partial charge in [-0.3, -0.25) is 5.10 Å². The zero-order valence-corrected chi connectivity index (χ0v) is 23.2. The van der Waals surface area contributed by atoms with E-state index in [0.29, 0.717) is 0 Å². The highest BCUT2D eigenvalue weighted by molar-refractivity contribution is 6.31. The minimum absolute atomic E-state index is 0.767. The zero-order chi connectivity index (χ0) is 28.7. The number of nitrogens with one attached hydrogen (secondary N) is 2. The number of aryl methyl sites for hydroxylation is 1. The Labute approximate surface area is 230 Å². The Morgan fingerprint density at radius 2 is 1.82 bits per heavy atom. The Morgan fingerprint density at radius 3 is 2.41 bits per heavy atom. The number of aromatic nitrogens is 4. The molecule has 0 bridgehead atoms. The molecule has 3 aromatic rings. The lowest BCUT2D eigenvalue weighted by Crippen LogP contribution is -2.47. The zero-order valence-electron chi connectivity index (χ0n) is 22.4. The number of likely N-dealkylation sites (N-methyl/N-ethyl adjacent to an activating group) is 1. The van der Waals surface area contributed by atoms with Crippen molar-refractivity contribution < 1.29 is 23.1 Å². The first-order valence-electron chi connectivity index (χ1n) is 12.7. The molecule has 39 heavy (non-hydrogen) atoms. The summed E-state index contributed by atoms with van der Waals surface area (Å²) in [6.07, 6.45) is -2.61. The lowest BCUT2D eigenvalue weighted by atomic mass is 10.1. The van der Waals surface area contributed by atoms with E-state index < -0.39 is 12.1 Å². The van der Waals surface area contributed by atoms with Crippen LogP contribution in [-0.2, 0) is 11.2 Å². The van der Waals surface area contributed by atoms with Crippen molar-refractivity contribution in [3.63, 3.8) is 0 Å². The number of benzene rings is 1. The van der Waals surface area contributed by atoms with Crippen LogP contribution in [0.2, 0.25) is 5.02 Å². The van der Waals surface area contributed by atoms with E-state index in [9.17, 15) is 13.2 Å². The second-order valence-electron chi connectivity index (χ2n) is 9.14. The van der Waals surface area contributed by atoms with Crippen LogP contribution >= 0.6 is 11.6 Å². The summed E-state index contributed by atoms with van der Waals surface area (Å²) < 4.78 is 31.7. The molecule has 3 N–H and O–H groups in total. The standard InChI is InChI=1S/C23H33ClN8.C2HF3O2/c1-5-18-21-22(29-28-18)26-15-27-23(21)32-11-9-31(10-12-32)20-14-17(24)13-19(16(20)3)25-7-8-30(4)6-2;3-2(4,5)1(6)7/h13-15,25H,5-12H2,1-4H3,(H,26,27,28,29);(H,6,7). The summed E-state index contributed by atoms with van der Waals surface area (Å²) in [5.41, 5.74) is 5.39. The molecule has 0 atom stereocenters. The fraction of sp³-hybridized carbons (Fsp3) is 0.520. The second-order valence-corrected chi connectivity index (χ2v) is 9.58. The SMILES string of the molecule is CCc1n[nH]c2ncnc(N3CCN(c4cc(Cl)cc(NCCN(C)CC)c4C)CC3)c12.O=C(O)C(F)(F)F. The van der Waals surface area contributed by atoms with Crippen LogP contribution in [0.5, 0.6) is 0 Å². The molecule has 0 unspecified atom stereocenters. The van der Waals surface area contributed by atoms with Gasteiger partial charge >= 0.3 is 12.1 Å². The molecule has 1 aromatic carbocycles. The van der Waals surface area contributed by atoms with Crippen molar-refractivity contribution >= 4 is 45.8 Å². The quantitative estimate of drug-likeness (QED) is 0.367. The summed E-state index contributed by atoms with van der Waals surface area (Å²) in [6.45, 7) is 13.0. The van der Waals surface area contributed by atoms with Crippen LogP contribution in [0.1, 0.15) is 25.1 Å². The number of fused-ring (bicyclic) bond motifs is 1. The molecule has 1 aliphatic heterocycles. The van der Waals surface area contributed by atoms with Crippen molar-refractivity contribution in [2.45, 2.75) is 33.4 Å². The highest BCUT2D eigenvalue weighted by atomic mass is 35.5. The largest absolute Gasteiger partial charge is 0.490 e. The van der Waals surface area contributed by atoms with E-state index in [1.165, 1.54) is 11.3 Å². The molecular weight excluding hydrogens is 537 g/mol. The first-order valence-corrected chi connectivity index (χ1v) is 13.0. The van der Waals surface area contributed by atoms with E-state index in [2.05, 4.69) is 74.1 Å². The van der Waals surface area contributed by atoms with Crippen molar-refractivity contribution in [3.8, 4) is 0 Å². The number of piperazine rings is 1. The predicted octanol–water partition coefficient (Wildman–Crippen LogP) is 4.20. The van der Waals surface area contributed by atoms with Gasteiger partial charge in [-0.25, -0.2) is 14.8 Å². The fourth-order valence-electron chi connectivity index (χ4n) is 4.27. The third-order valence-corrected chi connectivity index (χ3v) is 6.82. The minimum Gasteiger partial charge on any atom is -0.475 e. The number of alkyl halides is 3. The van der Waals surface area contributed by atoms with Gasteiger partial charge in [-0.1, -0.05) is 25.4 Å². The van der Waals surface area contributed by atoms with Gasteiger partial charge in [0, 0.05) is 55.7 Å². The van der Waals surface area contributed by atoms with Gasteiger partial charge in [0.05, 0.1) is 11.1 Å². The summed E-state index contributed by atoms with van der Waals surface area (Å²) >= 11 is 6.51. The number of anilines is 3. The maximum absolute atomic E-state index is 10.6. The maximum atomic E-state index is 10.6. The summed E-state index contributed by atoms with van der Waals surface area (Å²) in [7, 11) is 2.13. The van der Waals surface area contributed by atoms with Crippen LogP contribution in [0.25, 0.3) is 11.0 Å². The first kappa shape index (κ1) is 30.2. The van der Waals surface area contributed by atoms with E-state index >= 15 is 0 Å². The van der Waals surface area contributed by atoms with Crippen LogP contribution in [0.4, 0.5) is 30.4 Å². The van der Waals surface area contributed by atoms with E-state index in [0.717, 1.165) is 85.5 Å². The molecular formula is C25H34ClF3N8O2. The van der Waals surface area contributed by atoms with Crippen LogP contribution in [0.15, 0.2) is 18.5 Å². The molecule has 1 fully saturated rings. The van der Waals surface area contributed by atoms with Gasteiger partial charge in [-0.05, 0) is 44.6 Å². The topological polar surface area (TPSA) is 114 Å². The Bertz CT molecular complexity index is 1260. The molecule has 3 heterocycles. The molecule has 0 radical (unpaired) electrons. The van der Waals surface area contributed by atoms with Crippen LogP contribution in [0.3, 0.4) is 0 Å². The maximum Gasteiger partial charge on any atom is 0.490 e. The third kappa shape index (κ3) is 7.63. The van der Waals surface area contributed by atoms with Gasteiger partial charge in [-0.15, -0.1) is 0 Å². The number of H-pyrrole nitrogens is 1. The third-order valence-electron chi connectivity index (χ3n) is 6.60. The van der Waals surface area contributed by atoms with Gasteiger partial charge in [0.25, 0.3) is 0 Å². The van der Waals surface area contributed by atoms with Crippen molar-refractivity contribution in [1.29, 1.82) is 0 Å². The highest BCUT2D eigenvalue weighted by Gasteiger charge is 2.38. The van der Waals surface area contributed by atoms with Gasteiger partial charge in [0.1, 0.15) is 12.1 Å². The van der Waals surface area contributed by atoms with Gasteiger partial charge < -0.3 is 25.1 Å². The van der Waals surface area contributed by atoms with Crippen LogP contribution < -0.4 is 15.1 Å². The molecule has 0 spiro atoms. The van der Waals surface area contributed by atoms with Crippen molar-refractivity contribution in [2.24, 2.45) is 0 Å². The lowest BCUT2D eigenvalue weighted by Gasteiger charge is -2.38. The molecule has 0 amide bonds. The van der Waals surface area contributed by atoms with Crippen LogP contribution in [0, 0.1) is 6.92 Å². The molecule has 1 aliphatic rings. The highest BCUT2D eigenvalue weighted by Crippen LogP contribution is 2.33. The number of carboxylic acids is 1. The number of hydrogen-bond donors (Lipinski definition) is 3. The second kappa shape index (κ2) is 13.2. The summed E-state index contributed by atoms with van der Waals surface area (Å²) in [6, 6.07) is 4.12. The number of carbonyl (C=O) groups is 1. The average molecular weight is 571 g/mol. The molecule has 2 aromatic heterocycles. The number of hydrogen-bond acceptors (Lipinski definition) is 8. The smallest absolute Gasteiger partial charge is 0.475 e. The molecule has 214 valence electrons. The number of aliphatic carboxylic acids is 1. The fourth-order valence-corrected chi connectivity index (χ4v) is 4.49. The molecule has 1 saturated heterocycles. The molecule has 14 heteroatoms. The summed E-state index contributed by atoms with van der Waals surface area (Å²) in [4.78, 5) is 24.9. The predicted molar refractivity (Wildman–Crippen MR) is 147 cm³/mol. The van der Waals surface area contributed by atoms with Crippen molar-refractivity contribution in [2.75, 3.05) is 68.0 Å². The van der Waals surface area contributed by atoms with Gasteiger partial charge in [0.2, 0.25) is 0 Å². The van der Waals surface area contributed by atoms with Crippen molar-refractivity contribution in [3.05, 3.63) is 34.7 Å². The monoisotopic (exact) mass is 570 g/mol. The molecule has 10 nitrogen and oxygen atoms in total. The molecule has 4 rings (SSSR count). The Morgan fingerprint density at radius 1 is 1.18 bits per heavy atom. The van der Waals surface area contributed by atoms with E-state index in [4.69, 9.17) is 21.5 Å². The minimum atomic E-state index is -5.08. The molecule has 0 saturated carbocycles. The normalized spacial score (nSPS) is 14.0. The number of halogens is 4. The average Bonchev–Trinajstić information content (AvgIpc) is 3.34. The Hall–Kier alpha value is -3.32. The molecule has 0 aliphatic carbocycles. The van der Waals surface area contributed by atoms with Gasteiger partial charge in [-0.2, -0.15) is 18.3 Å². The Balaban J connectivity index is 0.000000532. The van der Waals surface area contributed by atoms with Gasteiger partial charge in [0.15, 0.2) is 5.65 Å². The number of aromatic amines is 1. The van der Waals surface area contributed by atoms with Crippen molar-refractivity contribution in [1.82, 2.24) is 25.1 Å². The lowest BCUT2D eigenvalue weighted by molar-refractivity contribution is -0.192. The van der Waals surface area contributed by atoms with E-state index in [1.807, 2.05) is 6.07 Å². The number of rotatable bonds is 8. The van der Waals surface area contributed by atoms with Crippen LogP contribution in [-0.4, -0.2) is 95.2 Å². The summed E-state index contributed by atoms with van der Waals surface area (Å²) in [5.74, 6) is -1.78.